The van der Waals surface area contributed by atoms with Crippen LogP contribution in [-0.4, -0.2) is 11.0 Å². The lowest BCUT2D eigenvalue weighted by molar-refractivity contribution is -0.531. The van der Waals surface area contributed by atoms with Crippen molar-refractivity contribution >= 4 is 0 Å². The van der Waals surface area contributed by atoms with Gasteiger partial charge < -0.3 is 0 Å². The number of nitrogens with zero attached hydrogens (tertiary/aromatic N) is 1. The number of hydrogen-bond donors (Lipinski definition) is 0. The summed E-state index contributed by atoms with van der Waals surface area (Å²) in [6.45, 7) is 5.77. The third-order valence-corrected chi connectivity index (χ3v) is 1.99. The molecular weight excluding hydrogens is 130 g/mol. The maximum Gasteiger partial charge on any atom is 0.215 e. The second-order valence-electron chi connectivity index (χ2n) is 2.65. The molecule has 3 heteroatoms. The third kappa shape index (κ3) is 2.33. The van der Waals surface area contributed by atoms with Crippen molar-refractivity contribution in [3.8, 4) is 0 Å². The minimum Gasteiger partial charge on any atom is -0.264 e. The van der Waals surface area contributed by atoms with Crippen LogP contribution in [0.1, 0.15) is 33.6 Å². The minimum atomic E-state index is -0.343. The molecule has 0 heterocycles. The SMILES string of the molecule is CCC(C)C(CC)[N+](=O)[O-]. The number of rotatable bonds is 4. The fourth-order valence-corrected chi connectivity index (χ4v) is 1.03. The molecule has 0 amide bonds. The molecule has 0 aliphatic heterocycles. The van der Waals surface area contributed by atoms with E-state index in [-0.39, 0.29) is 16.9 Å². The van der Waals surface area contributed by atoms with Gasteiger partial charge in [0.1, 0.15) is 0 Å². The maximum atomic E-state index is 10.3. The Kier molecular flexibility index (Phi) is 4.00. The molecule has 0 radical (unpaired) electrons. The van der Waals surface area contributed by atoms with Crippen LogP contribution in [0.25, 0.3) is 0 Å². The molecule has 0 bridgehead atoms. The molecule has 0 aromatic heterocycles. The van der Waals surface area contributed by atoms with Crippen molar-refractivity contribution < 1.29 is 4.92 Å². The Hall–Kier alpha value is -0.600. The number of hydrogen-bond acceptors (Lipinski definition) is 2. The van der Waals surface area contributed by atoms with Crippen LogP contribution >= 0.6 is 0 Å². The molecule has 3 nitrogen and oxygen atoms in total. The smallest absolute Gasteiger partial charge is 0.215 e. The average Bonchev–Trinajstić information content (AvgIpc) is 1.88. The summed E-state index contributed by atoms with van der Waals surface area (Å²) in [7, 11) is 0. The second kappa shape index (κ2) is 4.25. The molecule has 0 saturated carbocycles. The van der Waals surface area contributed by atoms with Crippen molar-refractivity contribution in [1.29, 1.82) is 0 Å². The van der Waals surface area contributed by atoms with Gasteiger partial charge >= 0.3 is 0 Å². The molecule has 0 aliphatic rings. The molecule has 60 valence electrons. The molecule has 0 N–H and O–H groups in total. The van der Waals surface area contributed by atoms with Gasteiger partial charge in [-0.3, -0.25) is 10.1 Å². The first-order valence-electron chi connectivity index (χ1n) is 3.76. The highest BCUT2D eigenvalue weighted by Crippen LogP contribution is 2.13. The molecule has 2 atom stereocenters. The molecule has 0 aromatic rings. The summed E-state index contributed by atoms with van der Waals surface area (Å²) in [6.07, 6.45) is 1.53. The Morgan fingerprint density at radius 2 is 1.90 bits per heavy atom. The van der Waals surface area contributed by atoms with Crippen molar-refractivity contribution in [3.63, 3.8) is 0 Å². The first-order valence-corrected chi connectivity index (χ1v) is 3.76. The fourth-order valence-electron chi connectivity index (χ4n) is 1.03. The molecule has 0 aliphatic carbocycles. The lowest BCUT2D eigenvalue weighted by atomic mass is 9.98. The van der Waals surface area contributed by atoms with Gasteiger partial charge in [0.05, 0.1) is 0 Å². The van der Waals surface area contributed by atoms with Gasteiger partial charge in [0.25, 0.3) is 0 Å². The first-order chi connectivity index (χ1) is 4.63. The van der Waals surface area contributed by atoms with E-state index in [0.717, 1.165) is 6.42 Å². The van der Waals surface area contributed by atoms with Crippen LogP contribution in [0.4, 0.5) is 0 Å². The molecule has 0 fully saturated rings. The summed E-state index contributed by atoms with van der Waals surface area (Å²) in [5.74, 6) is 0.208. The fraction of sp³-hybridized carbons (Fsp3) is 1.00. The van der Waals surface area contributed by atoms with Gasteiger partial charge in [-0.2, -0.15) is 0 Å². The molecule has 0 rings (SSSR count). The molecule has 0 saturated heterocycles. The zero-order valence-electron chi connectivity index (χ0n) is 6.83. The van der Waals surface area contributed by atoms with Crippen LogP contribution in [0.2, 0.25) is 0 Å². The normalized spacial score (nSPS) is 16.3. The minimum absolute atomic E-state index is 0.172. The van der Waals surface area contributed by atoms with Gasteiger partial charge in [-0.05, 0) is 6.42 Å². The van der Waals surface area contributed by atoms with E-state index >= 15 is 0 Å². The predicted octanol–water partition coefficient (Wildman–Crippen LogP) is 2.09. The molecule has 0 aromatic carbocycles. The van der Waals surface area contributed by atoms with Crippen LogP contribution in [-0.2, 0) is 0 Å². The lowest BCUT2D eigenvalue weighted by Crippen LogP contribution is -2.25. The Morgan fingerprint density at radius 3 is 2.00 bits per heavy atom. The predicted molar refractivity (Wildman–Crippen MR) is 40.5 cm³/mol. The molecular formula is C7H15NO2. The molecule has 10 heavy (non-hydrogen) atoms. The van der Waals surface area contributed by atoms with E-state index < -0.39 is 0 Å². The van der Waals surface area contributed by atoms with Crippen LogP contribution in [0.5, 0.6) is 0 Å². The average molecular weight is 145 g/mol. The summed E-state index contributed by atoms with van der Waals surface area (Å²) in [5, 5.41) is 10.3. The highest BCUT2D eigenvalue weighted by atomic mass is 16.6. The van der Waals surface area contributed by atoms with Crippen LogP contribution in [0.3, 0.4) is 0 Å². The summed E-state index contributed by atoms with van der Waals surface area (Å²) in [5.41, 5.74) is 0. The Bertz CT molecular complexity index is 114. The van der Waals surface area contributed by atoms with Gasteiger partial charge in [-0.1, -0.05) is 20.8 Å². The second-order valence-corrected chi connectivity index (χ2v) is 2.65. The van der Waals surface area contributed by atoms with E-state index in [9.17, 15) is 10.1 Å². The highest BCUT2D eigenvalue weighted by molar-refractivity contribution is 4.60. The van der Waals surface area contributed by atoms with E-state index in [4.69, 9.17) is 0 Å². The van der Waals surface area contributed by atoms with Crippen LogP contribution < -0.4 is 0 Å². The van der Waals surface area contributed by atoms with Crippen molar-refractivity contribution in [2.24, 2.45) is 5.92 Å². The number of nitro groups is 1. The van der Waals surface area contributed by atoms with Gasteiger partial charge in [0.2, 0.25) is 6.04 Å². The maximum absolute atomic E-state index is 10.3. The third-order valence-electron chi connectivity index (χ3n) is 1.99. The van der Waals surface area contributed by atoms with E-state index in [2.05, 4.69) is 0 Å². The van der Waals surface area contributed by atoms with Gasteiger partial charge in [-0.15, -0.1) is 0 Å². The van der Waals surface area contributed by atoms with Crippen LogP contribution in [0.15, 0.2) is 0 Å². The molecule has 0 spiro atoms. The quantitative estimate of drug-likeness (QED) is 0.449. The van der Waals surface area contributed by atoms with Crippen LogP contribution in [0, 0.1) is 16.0 Å². The zero-order chi connectivity index (χ0) is 8.15. The Morgan fingerprint density at radius 1 is 1.40 bits per heavy atom. The standard InChI is InChI=1S/C7H15NO2/c1-4-6(3)7(5-2)8(9)10/h6-7H,4-5H2,1-3H3. The summed E-state index contributed by atoms with van der Waals surface area (Å²) < 4.78 is 0. The van der Waals surface area contributed by atoms with Gasteiger partial charge in [-0.25, -0.2) is 0 Å². The Labute approximate surface area is 61.6 Å². The topological polar surface area (TPSA) is 43.1 Å². The van der Waals surface area contributed by atoms with Crippen molar-refractivity contribution in [1.82, 2.24) is 0 Å². The first kappa shape index (κ1) is 9.40. The van der Waals surface area contributed by atoms with Gasteiger partial charge in [0.15, 0.2) is 0 Å². The summed E-state index contributed by atoms with van der Waals surface area (Å²) >= 11 is 0. The molecule has 2 unspecified atom stereocenters. The van der Waals surface area contributed by atoms with Crippen molar-refractivity contribution in [2.75, 3.05) is 0 Å². The summed E-state index contributed by atoms with van der Waals surface area (Å²) in [6, 6.07) is -0.343. The zero-order valence-corrected chi connectivity index (χ0v) is 6.83. The summed E-state index contributed by atoms with van der Waals surface area (Å²) in [4.78, 5) is 10.2. The van der Waals surface area contributed by atoms with Gasteiger partial charge in [0, 0.05) is 17.3 Å². The largest absolute Gasteiger partial charge is 0.264 e. The van der Waals surface area contributed by atoms with E-state index in [1.807, 2.05) is 20.8 Å². The lowest BCUT2D eigenvalue weighted by Gasteiger charge is -2.12. The highest BCUT2D eigenvalue weighted by Gasteiger charge is 2.23. The van der Waals surface area contributed by atoms with E-state index in [1.165, 1.54) is 0 Å². The van der Waals surface area contributed by atoms with E-state index in [1.54, 1.807) is 0 Å². The monoisotopic (exact) mass is 145 g/mol. The van der Waals surface area contributed by atoms with Crippen molar-refractivity contribution in [2.45, 2.75) is 39.7 Å². The van der Waals surface area contributed by atoms with E-state index in [0.29, 0.717) is 6.42 Å². The Balaban J connectivity index is 3.92. The van der Waals surface area contributed by atoms with Crippen molar-refractivity contribution in [3.05, 3.63) is 10.1 Å².